The molecule has 0 spiro atoms. The van der Waals surface area contributed by atoms with Crippen molar-refractivity contribution in [3.8, 4) is 11.1 Å². The number of nitrogens with zero attached hydrogens (tertiary/aromatic N) is 2. The van der Waals surface area contributed by atoms with Crippen molar-refractivity contribution in [2.45, 2.75) is 38.9 Å². The molecule has 1 aliphatic heterocycles. The van der Waals surface area contributed by atoms with E-state index in [1.165, 1.54) is 5.56 Å². The molecule has 0 bridgehead atoms. The van der Waals surface area contributed by atoms with Crippen molar-refractivity contribution < 1.29 is 14.3 Å². The molecule has 31 heavy (non-hydrogen) atoms. The summed E-state index contributed by atoms with van der Waals surface area (Å²) in [6, 6.07) is 18.3. The summed E-state index contributed by atoms with van der Waals surface area (Å²) in [7, 11) is 1.63. The van der Waals surface area contributed by atoms with Gasteiger partial charge >= 0.3 is 0 Å². The van der Waals surface area contributed by atoms with Crippen molar-refractivity contribution in [2.75, 3.05) is 33.4 Å². The standard InChI is InChI=1S/C25H33N3O3/c1-19(2)28(15-16-31-3)24(29)17-23-25(30)26-13-14-27(23)18-20-9-11-22(12-10-20)21-7-5-4-6-8-21/h4-12,19,23H,13-18H2,1-3H3,(H,26,30)/t23-/m1/s1. The van der Waals surface area contributed by atoms with E-state index in [2.05, 4.69) is 46.6 Å². The van der Waals surface area contributed by atoms with Crippen molar-refractivity contribution >= 4 is 11.8 Å². The van der Waals surface area contributed by atoms with E-state index >= 15 is 0 Å². The van der Waals surface area contributed by atoms with E-state index in [0.29, 0.717) is 26.2 Å². The highest BCUT2D eigenvalue weighted by Crippen LogP contribution is 2.21. The lowest BCUT2D eigenvalue weighted by Crippen LogP contribution is -2.56. The van der Waals surface area contributed by atoms with Crippen molar-refractivity contribution in [1.29, 1.82) is 0 Å². The van der Waals surface area contributed by atoms with Crippen molar-refractivity contribution in [3.05, 3.63) is 60.2 Å². The normalized spacial score (nSPS) is 16.9. The molecule has 1 fully saturated rings. The predicted octanol–water partition coefficient (Wildman–Crippen LogP) is 2.93. The van der Waals surface area contributed by atoms with E-state index in [-0.39, 0.29) is 24.3 Å². The van der Waals surface area contributed by atoms with Gasteiger partial charge in [-0.05, 0) is 30.5 Å². The van der Waals surface area contributed by atoms with Crippen molar-refractivity contribution in [1.82, 2.24) is 15.1 Å². The molecular weight excluding hydrogens is 390 g/mol. The molecule has 2 aromatic carbocycles. The summed E-state index contributed by atoms with van der Waals surface area (Å²) in [6.07, 6.45) is 0.176. The van der Waals surface area contributed by atoms with E-state index < -0.39 is 6.04 Å². The van der Waals surface area contributed by atoms with E-state index in [1.54, 1.807) is 12.0 Å². The van der Waals surface area contributed by atoms with Crippen LogP contribution in [0.1, 0.15) is 25.8 Å². The smallest absolute Gasteiger partial charge is 0.237 e. The number of carbonyl (C=O) groups is 2. The minimum Gasteiger partial charge on any atom is -0.383 e. The molecule has 6 nitrogen and oxygen atoms in total. The van der Waals surface area contributed by atoms with Gasteiger partial charge in [0.15, 0.2) is 0 Å². The zero-order valence-electron chi connectivity index (χ0n) is 18.7. The Kier molecular flexibility index (Phi) is 8.20. The maximum Gasteiger partial charge on any atom is 0.237 e. The molecule has 2 amide bonds. The van der Waals surface area contributed by atoms with Crippen molar-refractivity contribution in [3.63, 3.8) is 0 Å². The molecule has 1 aliphatic rings. The van der Waals surface area contributed by atoms with Crippen LogP contribution in [-0.4, -0.2) is 67.0 Å². The maximum absolute atomic E-state index is 13.0. The van der Waals surface area contributed by atoms with Crippen LogP contribution >= 0.6 is 0 Å². The lowest BCUT2D eigenvalue weighted by atomic mass is 10.0. The van der Waals surface area contributed by atoms with E-state index in [9.17, 15) is 9.59 Å². The van der Waals surface area contributed by atoms with Crippen LogP contribution in [-0.2, 0) is 20.9 Å². The highest BCUT2D eigenvalue weighted by atomic mass is 16.5. The summed E-state index contributed by atoms with van der Waals surface area (Å²) >= 11 is 0. The Morgan fingerprint density at radius 2 is 1.81 bits per heavy atom. The van der Waals surface area contributed by atoms with Gasteiger partial charge in [-0.1, -0.05) is 54.6 Å². The van der Waals surface area contributed by atoms with E-state index in [4.69, 9.17) is 4.74 Å². The summed E-state index contributed by atoms with van der Waals surface area (Å²) in [4.78, 5) is 29.5. The molecule has 1 saturated heterocycles. The Hall–Kier alpha value is -2.70. The molecule has 0 aromatic heterocycles. The zero-order chi connectivity index (χ0) is 22.2. The lowest BCUT2D eigenvalue weighted by Gasteiger charge is -2.36. The summed E-state index contributed by atoms with van der Waals surface area (Å²) in [5.41, 5.74) is 3.48. The second-order valence-electron chi connectivity index (χ2n) is 8.22. The van der Waals surface area contributed by atoms with Crippen LogP contribution in [0.15, 0.2) is 54.6 Å². The van der Waals surface area contributed by atoms with Gasteiger partial charge < -0.3 is 15.0 Å². The van der Waals surface area contributed by atoms with Crippen LogP contribution in [0.2, 0.25) is 0 Å². The highest BCUT2D eigenvalue weighted by molar-refractivity contribution is 5.89. The van der Waals surface area contributed by atoms with Gasteiger partial charge in [0.1, 0.15) is 0 Å². The lowest BCUT2D eigenvalue weighted by molar-refractivity contribution is -0.140. The SMILES string of the molecule is COCCN(C(=O)C[C@@H]1C(=O)NCCN1Cc1ccc(-c2ccccc2)cc1)C(C)C. The molecule has 0 radical (unpaired) electrons. The molecule has 3 rings (SSSR count). The zero-order valence-corrected chi connectivity index (χ0v) is 18.7. The fourth-order valence-corrected chi connectivity index (χ4v) is 3.98. The van der Waals surface area contributed by atoms with Crippen LogP contribution in [0, 0.1) is 0 Å². The molecule has 166 valence electrons. The first-order valence-electron chi connectivity index (χ1n) is 10.9. The minimum atomic E-state index is -0.459. The van der Waals surface area contributed by atoms with Crippen LogP contribution in [0.3, 0.4) is 0 Å². The Morgan fingerprint density at radius 3 is 2.45 bits per heavy atom. The van der Waals surface area contributed by atoms with Gasteiger partial charge in [0.05, 0.1) is 19.1 Å². The third kappa shape index (κ3) is 6.15. The number of ether oxygens (including phenoxy) is 1. The second-order valence-corrected chi connectivity index (χ2v) is 8.22. The summed E-state index contributed by atoms with van der Waals surface area (Å²) in [5, 5.41) is 2.92. The quantitative estimate of drug-likeness (QED) is 0.674. The van der Waals surface area contributed by atoms with Gasteiger partial charge in [0, 0.05) is 39.3 Å². The number of methoxy groups -OCH3 is 1. The monoisotopic (exact) mass is 423 g/mol. The Balaban J connectivity index is 1.69. The average Bonchev–Trinajstić information content (AvgIpc) is 2.77. The van der Waals surface area contributed by atoms with Crippen molar-refractivity contribution in [2.24, 2.45) is 0 Å². The first-order valence-corrected chi connectivity index (χ1v) is 10.9. The van der Waals surface area contributed by atoms with E-state index in [1.807, 2.05) is 32.0 Å². The molecule has 0 saturated carbocycles. The predicted molar refractivity (Wildman–Crippen MR) is 122 cm³/mol. The summed E-state index contributed by atoms with van der Waals surface area (Å²) in [5.74, 6) is -0.0884. The molecule has 0 aliphatic carbocycles. The maximum atomic E-state index is 13.0. The largest absolute Gasteiger partial charge is 0.383 e. The minimum absolute atomic E-state index is 0.0153. The molecule has 6 heteroatoms. The van der Waals surface area contributed by atoms with Gasteiger partial charge in [0.25, 0.3) is 0 Å². The average molecular weight is 424 g/mol. The Labute approximate surface area is 185 Å². The van der Waals surface area contributed by atoms with Crippen LogP contribution < -0.4 is 5.32 Å². The number of benzene rings is 2. The van der Waals surface area contributed by atoms with Gasteiger partial charge in [-0.15, -0.1) is 0 Å². The fourth-order valence-electron chi connectivity index (χ4n) is 3.98. The van der Waals surface area contributed by atoms with Gasteiger partial charge in [-0.3, -0.25) is 14.5 Å². The second kappa shape index (κ2) is 11.1. The third-order valence-corrected chi connectivity index (χ3v) is 5.74. The molecule has 1 atom stereocenters. The van der Waals surface area contributed by atoms with Gasteiger partial charge in [-0.2, -0.15) is 0 Å². The number of hydrogen-bond donors (Lipinski definition) is 1. The van der Waals surface area contributed by atoms with Gasteiger partial charge in [-0.25, -0.2) is 0 Å². The topological polar surface area (TPSA) is 61.9 Å². The highest BCUT2D eigenvalue weighted by Gasteiger charge is 2.33. The Morgan fingerprint density at radius 1 is 1.13 bits per heavy atom. The summed E-state index contributed by atoms with van der Waals surface area (Å²) < 4.78 is 5.14. The van der Waals surface area contributed by atoms with Crippen LogP contribution in [0.25, 0.3) is 11.1 Å². The molecule has 0 unspecified atom stereocenters. The molecular formula is C25H33N3O3. The van der Waals surface area contributed by atoms with Gasteiger partial charge in [0.2, 0.25) is 11.8 Å². The first-order chi connectivity index (χ1) is 15.0. The number of amides is 2. The number of nitrogens with one attached hydrogen (secondary N) is 1. The number of piperazine rings is 1. The first kappa shape index (κ1) is 23.0. The number of carbonyl (C=O) groups excluding carboxylic acids is 2. The Bertz CT molecular complexity index is 852. The fraction of sp³-hybridized carbons (Fsp3) is 0.440. The number of hydrogen-bond acceptors (Lipinski definition) is 4. The summed E-state index contributed by atoms with van der Waals surface area (Å²) in [6.45, 7) is 6.95. The molecule has 1 N–H and O–H groups in total. The third-order valence-electron chi connectivity index (χ3n) is 5.74. The van der Waals surface area contributed by atoms with Crippen LogP contribution in [0.4, 0.5) is 0 Å². The van der Waals surface area contributed by atoms with E-state index in [0.717, 1.165) is 17.7 Å². The van der Waals surface area contributed by atoms with Crippen LogP contribution in [0.5, 0.6) is 0 Å². The molecule has 1 heterocycles. The number of rotatable bonds is 9. The molecule has 2 aromatic rings.